The van der Waals surface area contributed by atoms with Gasteiger partial charge in [-0.2, -0.15) is 0 Å². The number of aromatic nitrogens is 2. The van der Waals surface area contributed by atoms with Crippen molar-refractivity contribution in [3.8, 4) is 0 Å². The molecule has 0 aliphatic heterocycles. The van der Waals surface area contributed by atoms with Crippen LogP contribution in [0.2, 0.25) is 0 Å². The van der Waals surface area contributed by atoms with Crippen LogP contribution in [0.5, 0.6) is 0 Å². The van der Waals surface area contributed by atoms with Crippen molar-refractivity contribution in [1.82, 2.24) is 10.2 Å². The van der Waals surface area contributed by atoms with Crippen molar-refractivity contribution in [3.63, 3.8) is 0 Å². The van der Waals surface area contributed by atoms with E-state index >= 15 is 0 Å². The van der Waals surface area contributed by atoms with Gasteiger partial charge in [-0.1, -0.05) is 34.9 Å². The van der Waals surface area contributed by atoms with Crippen molar-refractivity contribution in [2.75, 3.05) is 5.43 Å². The van der Waals surface area contributed by atoms with Gasteiger partial charge in [-0.3, -0.25) is 5.43 Å². The fourth-order valence-corrected chi connectivity index (χ4v) is 1.30. The van der Waals surface area contributed by atoms with Crippen LogP contribution < -0.4 is 11.3 Å². The summed E-state index contributed by atoms with van der Waals surface area (Å²) in [6.07, 6.45) is 3.64. The molecule has 0 amide bonds. The summed E-state index contributed by atoms with van der Waals surface area (Å²) >= 11 is 0. The first kappa shape index (κ1) is 10.4. The molecular formula is C11H12N4O. The van der Waals surface area contributed by atoms with Crippen molar-refractivity contribution in [2.45, 2.75) is 6.92 Å². The predicted octanol–water partition coefficient (Wildman–Crippen LogP) is 1.83. The van der Waals surface area contributed by atoms with Gasteiger partial charge >= 0.3 is 6.01 Å². The van der Waals surface area contributed by atoms with E-state index in [0.717, 1.165) is 5.56 Å². The van der Waals surface area contributed by atoms with Gasteiger partial charge in [0.05, 0.1) is 0 Å². The Balaban J connectivity index is 2.14. The van der Waals surface area contributed by atoms with Crippen LogP contribution in [-0.2, 0) is 0 Å². The van der Waals surface area contributed by atoms with Crippen molar-refractivity contribution in [3.05, 3.63) is 41.3 Å². The third-order valence-electron chi connectivity index (χ3n) is 2.02. The monoisotopic (exact) mass is 216 g/mol. The minimum absolute atomic E-state index is 0.198. The molecule has 0 unspecified atom stereocenters. The summed E-state index contributed by atoms with van der Waals surface area (Å²) in [5.74, 6) is 5.53. The number of benzene rings is 1. The minimum Gasteiger partial charge on any atom is -0.403 e. The van der Waals surface area contributed by atoms with Crippen LogP contribution in [0.3, 0.4) is 0 Å². The number of rotatable bonds is 3. The number of anilines is 1. The fourth-order valence-electron chi connectivity index (χ4n) is 1.30. The van der Waals surface area contributed by atoms with Crippen LogP contribution in [0.15, 0.2) is 28.7 Å². The summed E-state index contributed by atoms with van der Waals surface area (Å²) in [4.78, 5) is 0. The van der Waals surface area contributed by atoms with Crippen molar-refractivity contribution >= 4 is 18.2 Å². The molecule has 0 spiro atoms. The van der Waals surface area contributed by atoms with E-state index in [9.17, 15) is 0 Å². The number of nitrogens with two attached hydrogens (primary N) is 1. The molecular weight excluding hydrogens is 204 g/mol. The summed E-state index contributed by atoms with van der Waals surface area (Å²) in [6.45, 7) is 2.04. The lowest BCUT2D eigenvalue weighted by molar-refractivity contribution is 0.556. The Hall–Kier alpha value is -2.14. The van der Waals surface area contributed by atoms with Gasteiger partial charge in [0.25, 0.3) is 0 Å². The molecule has 3 N–H and O–H groups in total. The topological polar surface area (TPSA) is 77.0 Å². The average Bonchev–Trinajstić information content (AvgIpc) is 2.74. The molecule has 5 heteroatoms. The number of aryl methyl sites for hydroxylation is 1. The van der Waals surface area contributed by atoms with E-state index in [1.54, 1.807) is 6.08 Å². The second-order valence-electron chi connectivity index (χ2n) is 3.34. The van der Waals surface area contributed by atoms with E-state index < -0.39 is 0 Å². The van der Waals surface area contributed by atoms with Gasteiger partial charge in [0.1, 0.15) is 0 Å². The van der Waals surface area contributed by atoms with Gasteiger partial charge in [0, 0.05) is 6.08 Å². The molecule has 1 heterocycles. The van der Waals surface area contributed by atoms with Gasteiger partial charge in [-0.05, 0) is 18.6 Å². The van der Waals surface area contributed by atoms with Crippen LogP contribution in [0.4, 0.5) is 6.01 Å². The van der Waals surface area contributed by atoms with Gasteiger partial charge < -0.3 is 4.42 Å². The standard InChI is InChI=1S/C11H12N4O/c1-8-3-2-4-9(7-8)5-6-10-14-15-11(13-12)16-10/h2-7H,12H2,1H3,(H,13,15)/b6-5+. The second-order valence-corrected chi connectivity index (χ2v) is 3.34. The lowest BCUT2D eigenvalue weighted by Crippen LogP contribution is -2.06. The molecule has 0 saturated carbocycles. The number of hydrazine groups is 1. The molecule has 1 aromatic carbocycles. The first-order valence-electron chi connectivity index (χ1n) is 4.83. The Morgan fingerprint density at radius 2 is 2.19 bits per heavy atom. The molecule has 0 aliphatic carbocycles. The molecule has 0 radical (unpaired) electrons. The summed E-state index contributed by atoms with van der Waals surface area (Å²) < 4.78 is 5.14. The van der Waals surface area contributed by atoms with Crippen LogP contribution in [0.25, 0.3) is 12.2 Å². The Morgan fingerprint density at radius 1 is 1.31 bits per heavy atom. The van der Waals surface area contributed by atoms with Gasteiger partial charge in [0.15, 0.2) is 0 Å². The number of hydrogen-bond donors (Lipinski definition) is 2. The average molecular weight is 216 g/mol. The third kappa shape index (κ3) is 2.46. The van der Waals surface area contributed by atoms with E-state index in [1.807, 2.05) is 31.2 Å². The maximum absolute atomic E-state index is 5.14. The molecule has 16 heavy (non-hydrogen) atoms. The first-order valence-corrected chi connectivity index (χ1v) is 4.83. The number of nitrogens with zero attached hydrogens (tertiary/aromatic N) is 2. The normalized spacial score (nSPS) is 10.9. The zero-order chi connectivity index (χ0) is 11.4. The molecule has 0 fully saturated rings. The highest BCUT2D eigenvalue weighted by Gasteiger charge is 1.99. The van der Waals surface area contributed by atoms with Crippen LogP contribution in [0, 0.1) is 6.92 Å². The molecule has 2 aromatic rings. The highest BCUT2D eigenvalue weighted by atomic mass is 16.4. The summed E-state index contributed by atoms with van der Waals surface area (Å²) in [5, 5.41) is 7.44. The van der Waals surface area contributed by atoms with E-state index in [0.29, 0.717) is 5.89 Å². The first-order chi connectivity index (χ1) is 7.78. The molecule has 0 aliphatic rings. The van der Waals surface area contributed by atoms with Gasteiger partial charge in [-0.25, -0.2) is 5.84 Å². The molecule has 0 saturated heterocycles. The van der Waals surface area contributed by atoms with E-state index in [-0.39, 0.29) is 6.01 Å². The fraction of sp³-hybridized carbons (Fsp3) is 0.0909. The lowest BCUT2D eigenvalue weighted by atomic mass is 10.1. The quantitative estimate of drug-likeness (QED) is 0.604. The minimum atomic E-state index is 0.198. The highest BCUT2D eigenvalue weighted by Crippen LogP contribution is 2.10. The molecule has 0 atom stereocenters. The molecule has 2 rings (SSSR count). The summed E-state index contributed by atoms with van der Waals surface area (Å²) in [6, 6.07) is 8.30. The molecule has 82 valence electrons. The lowest BCUT2D eigenvalue weighted by Gasteiger charge is -1.94. The summed E-state index contributed by atoms with van der Waals surface area (Å²) in [7, 11) is 0. The highest BCUT2D eigenvalue weighted by molar-refractivity contribution is 5.66. The van der Waals surface area contributed by atoms with Crippen molar-refractivity contribution in [2.24, 2.45) is 5.84 Å². The zero-order valence-electron chi connectivity index (χ0n) is 8.84. The van der Waals surface area contributed by atoms with Crippen molar-refractivity contribution < 1.29 is 4.42 Å². The molecule has 0 bridgehead atoms. The Labute approximate surface area is 93.0 Å². The van der Waals surface area contributed by atoms with Gasteiger partial charge in [0.2, 0.25) is 5.89 Å². The van der Waals surface area contributed by atoms with Crippen LogP contribution in [0.1, 0.15) is 17.0 Å². The Morgan fingerprint density at radius 3 is 2.88 bits per heavy atom. The largest absolute Gasteiger partial charge is 0.403 e. The van der Waals surface area contributed by atoms with Crippen molar-refractivity contribution in [1.29, 1.82) is 0 Å². The third-order valence-corrected chi connectivity index (χ3v) is 2.02. The zero-order valence-corrected chi connectivity index (χ0v) is 8.84. The predicted molar refractivity (Wildman–Crippen MR) is 62.2 cm³/mol. The maximum Gasteiger partial charge on any atom is 0.330 e. The van der Waals surface area contributed by atoms with Gasteiger partial charge in [-0.15, -0.1) is 5.10 Å². The van der Waals surface area contributed by atoms with Crippen LogP contribution in [-0.4, -0.2) is 10.2 Å². The number of nitrogens with one attached hydrogen (secondary N) is 1. The van der Waals surface area contributed by atoms with E-state index in [4.69, 9.17) is 10.3 Å². The smallest absolute Gasteiger partial charge is 0.330 e. The maximum atomic E-state index is 5.14. The molecule has 1 aromatic heterocycles. The summed E-state index contributed by atoms with van der Waals surface area (Å²) in [5.41, 5.74) is 4.57. The molecule has 5 nitrogen and oxygen atoms in total. The second kappa shape index (κ2) is 4.59. The number of hydrogen-bond acceptors (Lipinski definition) is 5. The SMILES string of the molecule is Cc1cccc(/C=C/c2nnc(NN)o2)c1. The Bertz CT molecular complexity index is 504. The van der Waals surface area contributed by atoms with Crippen LogP contribution >= 0.6 is 0 Å². The van der Waals surface area contributed by atoms with E-state index in [1.165, 1.54) is 5.56 Å². The van der Waals surface area contributed by atoms with E-state index in [2.05, 4.69) is 21.7 Å². The number of nitrogen functional groups attached to an aromatic ring is 1. The Kier molecular flexibility index (Phi) is 2.98.